The van der Waals surface area contributed by atoms with Crippen LogP contribution in [-0.4, -0.2) is 59.5 Å². The zero-order valence-corrected chi connectivity index (χ0v) is 13.5. The number of hydrogen-bond acceptors (Lipinski definition) is 5. The van der Waals surface area contributed by atoms with Crippen molar-refractivity contribution in [3.05, 3.63) is 29.8 Å². The summed E-state index contributed by atoms with van der Waals surface area (Å²) in [6, 6.07) is 8.89. The lowest BCUT2D eigenvalue weighted by molar-refractivity contribution is 0.0678. The lowest BCUT2D eigenvalue weighted by Crippen LogP contribution is -2.42. The number of fused-ring (bicyclic) bond motifs is 2. The minimum absolute atomic E-state index is 0.166. The number of amidine groups is 1. The van der Waals surface area contributed by atoms with E-state index in [1.807, 2.05) is 11.8 Å². The molecule has 5 heteroatoms. The van der Waals surface area contributed by atoms with Crippen LogP contribution in [0, 0.1) is 0 Å². The highest BCUT2D eigenvalue weighted by Gasteiger charge is 2.34. The molecule has 0 radical (unpaired) electrons. The van der Waals surface area contributed by atoms with E-state index in [2.05, 4.69) is 29.2 Å². The first-order valence-corrected chi connectivity index (χ1v) is 9.04. The Kier molecular flexibility index (Phi) is 4.11. The van der Waals surface area contributed by atoms with Crippen LogP contribution in [0.1, 0.15) is 24.8 Å². The maximum absolute atomic E-state index is 10.0. The summed E-state index contributed by atoms with van der Waals surface area (Å²) in [5.41, 5.74) is 1.25. The first-order chi connectivity index (χ1) is 10.8. The first-order valence-electron chi connectivity index (χ1n) is 8.16. The zero-order valence-electron chi connectivity index (χ0n) is 12.6. The fraction of sp³-hybridized carbons (Fsp3) is 0.588. The van der Waals surface area contributed by atoms with E-state index in [1.165, 1.54) is 10.5 Å². The van der Waals surface area contributed by atoms with Gasteiger partial charge in [-0.25, -0.2) is 0 Å². The van der Waals surface area contributed by atoms with E-state index in [0.717, 1.165) is 51.4 Å². The van der Waals surface area contributed by atoms with E-state index in [-0.39, 0.29) is 6.10 Å². The van der Waals surface area contributed by atoms with Gasteiger partial charge in [-0.1, -0.05) is 18.2 Å². The summed E-state index contributed by atoms with van der Waals surface area (Å²) in [6.07, 6.45) is 2.54. The molecule has 0 spiro atoms. The van der Waals surface area contributed by atoms with Gasteiger partial charge in [0.25, 0.3) is 0 Å². The molecule has 2 aliphatic heterocycles. The molecule has 1 N–H and O–H groups in total. The quantitative estimate of drug-likeness (QED) is 0.796. The van der Waals surface area contributed by atoms with Gasteiger partial charge in [0.1, 0.15) is 5.84 Å². The molecule has 2 heterocycles. The zero-order chi connectivity index (χ0) is 14.9. The number of aliphatic hydroxyl groups excluding tert-OH is 1. The Morgan fingerprint density at radius 2 is 2.00 bits per heavy atom. The van der Waals surface area contributed by atoms with Gasteiger partial charge in [0, 0.05) is 28.8 Å². The topological polar surface area (TPSA) is 45.1 Å². The minimum atomic E-state index is -0.166. The largest absolute Gasteiger partial charge is 0.393 e. The van der Waals surface area contributed by atoms with E-state index >= 15 is 0 Å². The fourth-order valence-corrected chi connectivity index (χ4v) is 4.98. The van der Waals surface area contributed by atoms with Gasteiger partial charge < -0.3 is 14.7 Å². The molecule has 4 rings (SSSR count). The molecule has 1 aliphatic carbocycles. The monoisotopic (exact) mass is 318 g/mol. The minimum Gasteiger partial charge on any atom is -0.393 e. The van der Waals surface area contributed by atoms with Crippen LogP contribution < -0.4 is 0 Å². The number of rotatable bonds is 0. The van der Waals surface area contributed by atoms with Crippen molar-refractivity contribution in [2.75, 3.05) is 26.3 Å². The summed E-state index contributed by atoms with van der Waals surface area (Å²) in [4.78, 5) is 8.82. The fourth-order valence-electron chi connectivity index (χ4n) is 3.54. The molecule has 1 saturated heterocycles. The summed E-state index contributed by atoms with van der Waals surface area (Å²) in [6.45, 7) is 3.39. The van der Waals surface area contributed by atoms with Crippen LogP contribution in [0.15, 0.2) is 34.2 Å². The van der Waals surface area contributed by atoms with E-state index in [9.17, 15) is 5.11 Å². The molecule has 3 atom stereocenters. The van der Waals surface area contributed by atoms with Gasteiger partial charge in [0.15, 0.2) is 0 Å². The second kappa shape index (κ2) is 6.22. The summed E-state index contributed by atoms with van der Waals surface area (Å²) >= 11 is 1.90. The lowest BCUT2D eigenvalue weighted by Gasteiger charge is -2.32. The molecule has 0 aromatic heterocycles. The molecular weight excluding hydrogens is 296 g/mol. The maximum atomic E-state index is 10.0. The molecule has 4 nitrogen and oxygen atoms in total. The van der Waals surface area contributed by atoms with Crippen molar-refractivity contribution >= 4 is 17.6 Å². The van der Waals surface area contributed by atoms with Crippen LogP contribution in [-0.2, 0) is 4.74 Å². The van der Waals surface area contributed by atoms with E-state index in [4.69, 9.17) is 9.73 Å². The SMILES string of the molecule is OC1CCC2N=C(N3CCOCC3)c3ccccc3SC2C1. The second-order valence-corrected chi connectivity index (χ2v) is 7.52. The van der Waals surface area contributed by atoms with Crippen molar-refractivity contribution in [1.29, 1.82) is 0 Å². The third-order valence-electron chi connectivity index (χ3n) is 4.73. The highest BCUT2D eigenvalue weighted by Crippen LogP contribution is 2.40. The van der Waals surface area contributed by atoms with Gasteiger partial charge in [-0.05, 0) is 25.3 Å². The summed E-state index contributed by atoms with van der Waals surface area (Å²) in [5, 5.41) is 10.4. The van der Waals surface area contributed by atoms with Gasteiger partial charge in [-0.3, -0.25) is 4.99 Å². The Balaban J connectivity index is 1.73. The Labute approximate surface area is 135 Å². The number of thioether (sulfide) groups is 1. The number of morpholine rings is 1. The number of hydrogen-bond donors (Lipinski definition) is 1. The third-order valence-corrected chi connectivity index (χ3v) is 6.15. The maximum Gasteiger partial charge on any atom is 0.132 e. The third kappa shape index (κ3) is 2.77. The molecule has 3 unspecified atom stereocenters. The molecule has 3 aliphatic rings. The molecule has 118 valence electrons. The lowest BCUT2D eigenvalue weighted by atomic mass is 9.93. The average Bonchev–Trinajstić information content (AvgIpc) is 2.72. The van der Waals surface area contributed by atoms with Crippen LogP contribution >= 0.6 is 11.8 Å². The molecule has 1 saturated carbocycles. The highest BCUT2D eigenvalue weighted by atomic mass is 32.2. The number of aliphatic imine (C=N–C) groups is 1. The molecule has 1 aromatic rings. The summed E-state index contributed by atoms with van der Waals surface area (Å²) in [5.74, 6) is 1.13. The van der Waals surface area contributed by atoms with Gasteiger partial charge in [0.05, 0.1) is 25.4 Å². The van der Waals surface area contributed by atoms with Crippen LogP contribution in [0.4, 0.5) is 0 Å². The smallest absolute Gasteiger partial charge is 0.132 e. The number of nitrogens with zero attached hydrogens (tertiary/aromatic N) is 2. The second-order valence-electron chi connectivity index (χ2n) is 6.24. The van der Waals surface area contributed by atoms with Crippen LogP contribution in [0.25, 0.3) is 0 Å². The van der Waals surface area contributed by atoms with Crippen molar-refractivity contribution < 1.29 is 9.84 Å². The molecule has 0 amide bonds. The normalized spacial score (nSPS) is 31.8. The standard InChI is InChI=1S/C17H22N2O2S/c20-12-5-6-14-16(11-12)22-15-4-2-1-3-13(15)17(18-14)19-7-9-21-10-8-19/h1-4,12,14,16,20H,5-11H2. The first kappa shape index (κ1) is 14.5. The Hall–Kier alpha value is -1.04. The van der Waals surface area contributed by atoms with Gasteiger partial charge in [-0.15, -0.1) is 11.8 Å². The summed E-state index contributed by atoms with van der Waals surface area (Å²) in [7, 11) is 0. The Morgan fingerprint density at radius 3 is 2.86 bits per heavy atom. The van der Waals surface area contributed by atoms with Crippen molar-refractivity contribution in [3.63, 3.8) is 0 Å². The van der Waals surface area contributed by atoms with Crippen molar-refractivity contribution in [1.82, 2.24) is 4.90 Å². The number of benzene rings is 1. The average molecular weight is 318 g/mol. The molecular formula is C17H22N2O2S. The molecule has 2 fully saturated rings. The van der Waals surface area contributed by atoms with Gasteiger partial charge in [-0.2, -0.15) is 0 Å². The van der Waals surface area contributed by atoms with Gasteiger partial charge in [0.2, 0.25) is 0 Å². The van der Waals surface area contributed by atoms with Crippen molar-refractivity contribution in [2.24, 2.45) is 4.99 Å². The molecule has 0 bridgehead atoms. The predicted molar refractivity (Wildman–Crippen MR) is 88.7 cm³/mol. The van der Waals surface area contributed by atoms with Crippen LogP contribution in [0.2, 0.25) is 0 Å². The number of aliphatic hydroxyl groups is 1. The predicted octanol–water partition coefficient (Wildman–Crippen LogP) is 2.15. The summed E-state index contributed by atoms with van der Waals surface area (Å²) < 4.78 is 5.50. The Bertz CT molecular complexity index is 572. The highest BCUT2D eigenvalue weighted by molar-refractivity contribution is 8.00. The van der Waals surface area contributed by atoms with Crippen LogP contribution in [0.5, 0.6) is 0 Å². The van der Waals surface area contributed by atoms with Gasteiger partial charge >= 0.3 is 0 Å². The van der Waals surface area contributed by atoms with Crippen molar-refractivity contribution in [2.45, 2.75) is 41.6 Å². The van der Waals surface area contributed by atoms with Crippen LogP contribution in [0.3, 0.4) is 0 Å². The molecule has 1 aromatic carbocycles. The van der Waals surface area contributed by atoms with E-state index in [0.29, 0.717) is 11.3 Å². The van der Waals surface area contributed by atoms with E-state index < -0.39 is 0 Å². The number of ether oxygens (including phenoxy) is 1. The Morgan fingerprint density at radius 1 is 1.18 bits per heavy atom. The molecule has 22 heavy (non-hydrogen) atoms. The van der Waals surface area contributed by atoms with E-state index in [1.54, 1.807) is 0 Å². The van der Waals surface area contributed by atoms with Crippen molar-refractivity contribution in [3.8, 4) is 0 Å².